The summed E-state index contributed by atoms with van der Waals surface area (Å²) in [5.74, 6) is 0.748. The number of thiophene rings is 1. The van der Waals surface area contributed by atoms with Crippen LogP contribution in [0.3, 0.4) is 0 Å². The Morgan fingerprint density at radius 2 is 1.17 bits per heavy atom. The Hall–Kier alpha value is -2.48. The molecule has 0 unspecified atom stereocenters. The maximum Gasteiger partial charge on any atom is 0.337 e. The van der Waals surface area contributed by atoms with Gasteiger partial charge in [0.1, 0.15) is 0 Å². The largest absolute Gasteiger partial charge is 0.478 e. The summed E-state index contributed by atoms with van der Waals surface area (Å²) in [6, 6.07) is 7.47. The Bertz CT molecular complexity index is 1420. The van der Waals surface area contributed by atoms with Gasteiger partial charge in [-0.25, -0.2) is 9.59 Å². The monoisotopic (exact) mass is 666 g/mol. The van der Waals surface area contributed by atoms with Gasteiger partial charge >= 0.3 is 11.9 Å². The van der Waals surface area contributed by atoms with E-state index in [0.717, 1.165) is 109 Å². The lowest BCUT2D eigenvalue weighted by Crippen LogP contribution is -2.29. The van der Waals surface area contributed by atoms with E-state index < -0.39 is 11.9 Å². The summed E-state index contributed by atoms with van der Waals surface area (Å²) >= 11 is 1.50. The fraction of sp³-hybridized carbons (Fsp3) is 0.650. The molecule has 47 heavy (non-hydrogen) atoms. The standard InChI is InChI=1S/C40H62N2O4S/c1-27(2)16-22-41(23-17-28(3)4)20-10-12-31-26-35-37(33-13-9-14-34(39(43)44)38(33)47-35)32(36(31)40(45)46)15-11-21-42(24-18-29(5)6)25-19-30(7)8/h9,13-14,26-30H,10-12,15-25H2,1-8H3,(H,43,44)(H,45,46). The van der Waals surface area contributed by atoms with Crippen LogP contribution in [0.5, 0.6) is 0 Å². The first-order valence-electron chi connectivity index (χ1n) is 18.2. The van der Waals surface area contributed by atoms with Crippen LogP contribution >= 0.6 is 11.3 Å². The van der Waals surface area contributed by atoms with Crippen LogP contribution in [0.2, 0.25) is 0 Å². The Kier molecular flexibility index (Phi) is 15.7. The predicted molar refractivity (Wildman–Crippen MR) is 201 cm³/mol. The van der Waals surface area contributed by atoms with Crippen molar-refractivity contribution in [2.45, 2.75) is 107 Å². The van der Waals surface area contributed by atoms with Gasteiger partial charge in [0, 0.05) is 15.5 Å². The molecule has 0 radical (unpaired) electrons. The van der Waals surface area contributed by atoms with Crippen molar-refractivity contribution in [2.75, 3.05) is 39.3 Å². The zero-order chi connectivity index (χ0) is 34.7. The van der Waals surface area contributed by atoms with E-state index >= 15 is 0 Å². The Labute approximate surface area is 288 Å². The van der Waals surface area contributed by atoms with Crippen LogP contribution in [0.15, 0.2) is 24.3 Å². The highest BCUT2D eigenvalue weighted by atomic mass is 32.1. The third kappa shape index (κ3) is 11.9. The van der Waals surface area contributed by atoms with Gasteiger partial charge in [-0.2, -0.15) is 0 Å². The third-order valence-corrected chi connectivity index (χ3v) is 10.5. The minimum Gasteiger partial charge on any atom is -0.478 e. The Balaban J connectivity index is 2.00. The first-order chi connectivity index (χ1) is 22.3. The van der Waals surface area contributed by atoms with Crippen molar-refractivity contribution in [3.8, 4) is 0 Å². The second-order valence-corrected chi connectivity index (χ2v) is 16.3. The highest BCUT2D eigenvalue weighted by Crippen LogP contribution is 2.41. The lowest BCUT2D eigenvalue weighted by molar-refractivity contribution is 0.0685. The average Bonchev–Trinajstić information content (AvgIpc) is 3.36. The van der Waals surface area contributed by atoms with Crippen molar-refractivity contribution < 1.29 is 19.8 Å². The molecule has 0 saturated carbocycles. The summed E-state index contributed by atoms with van der Waals surface area (Å²) in [5, 5.41) is 22.5. The number of hydrogen-bond donors (Lipinski definition) is 2. The second-order valence-electron chi connectivity index (χ2n) is 15.3. The highest BCUT2D eigenvalue weighted by Gasteiger charge is 2.24. The van der Waals surface area contributed by atoms with Crippen LogP contribution < -0.4 is 0 Å². The molecular weight excluding hydrogens is 605 g/mol. The number of hydrogen-bond acceptors (Lipinski definition) is 5. The van der Waals surface area contributed by atoms with Crippen LogP contribution in [0, 0.1) is 23.7 Å². The molecule has 0 spiro atoms. The normalized spacial score (nSPS) is 12.4. The van der Waals surface area contributed by atoms with Gasteiger partial charge in [0.25, 0.3) is 0 Å². The molecular formula is C40H62N2O4S. The molecule has 2 N–H and O–H groups in total. The van der Waals surface area contributed by atoms with E-state index in [1.807, 2.05) is 6.07 Å². The number of benzene rings is 2. The molecule has 0 atom stereocenters. The van der Waals surface area contributed by atoms with Crippen molar-refractivity contribution >= 4 is 43.4 Å². The molecule has 0 fully saturated rings. The molecule has 0 aliphatic heterocycles. The van der Waals surface area contributed by atoms with E-state index in [-0.39, 0.29) is 5.56 Å². The number of aryl methyl sites for hydroxylation is 2. The number of nitrogens with zero attached hydrogens (tertiary/aromatic N) is 2. The number of fused-ring (bicyclic) bond motifs is 3. The van der Waals surface area contributed by atoms with E-state index in [1.165, 1.54) is 11.3 Å². The molecule has 3 rings (SSSR count). The van der Waals surface area contributed by atoms with Crippen molar-refractivity contribution in [2.24, 2.45) is 23.7 Å². The molecule has 6 nitrogen and oxygen atoms in total. The zero-order valence-electron chi connectivity index (χ0n) is 30.5. The third-order valence-electron chi connectivity index (χ3n) is 9.33. The zero-order valence-corrected chi connectivity index (χ0v) is 31.3. The minimum absolute atomic E-state index is 0.285. The number of carbonyl (C=O) groups is 2. The van der Waals surface area contributed by atoms with Crippen LogP contribution in [-0.2, 0) is 12.8 Å². The number of rotatable bonds is 22. The first-order valence-corrected chi connectivity index (χ1v) is 19.0. The van der Waals surface area contributed by atoms with Gasteiger partial charge in [0.2, 0.25) is 0 Å². The molecule has 1 aromatic heterocycles. The summed E-state index contributed by atoms with van der Waals surface area (Å²) < 4.78 is 1.73. The van der Waals surface area contributed by atoms with Gasteiger partial charge in [0.05, 0.1) is 15.8 Å². The average molecular weight is 667 g/mol. The topological polar surface area (TPSA) is 81.1 Å². The Morgan fingerprint density at radius 3 is 1.62 bits per heavy atom. The van der Waals surface area contributed by atoms with Gasteiger partial charge in [-0.15, -0.1) is 11.3 Å². The predicted octanol–water partition coefficient (Wildman–Crippen LogP) is 10.1. The molecule has 3 aromatic rings. The number of carboxylic acids is 2. The molecule has 262 valence electrons. The molecule has 7 heteroatoms. The van der Waals surface area contributed by atoms with Gasteiger partial charge in [0.15, 0.2) is 0 Å². The lowest BCUT2D eigenvalue weighted by atomic mass is 9.90. The van der Waals surface area contributed by atoms with E-state index in [0.29, 0.717) is 42.1 Å². The van der Waals surface area contributed by atoms with Crippen molar-refractivity contribution in [3.63, 3.8) is 0 Å². The SMILES string of the molecule is CC(C)CCN(CCCc1cc2sc3c(C(=O)O)cccc3c2c(CCCN(CCC(C)C)CCC(C)C)c1C(=O)O)CCC(C)C. The maximum atomic E-state index is 13.1. The van der Waals surface area contributed by atoms with Crippen molar-refractivity contribution in [1.82, 2.24) is 9.80 Å². The van der Waals surface area contributed by atoms with E-state index in [9.17, 15) is 19.8 Å². The maximum absolute atomic E-state index is 13.1. The van der Waals surface area contributed by atoms with Crippen molar-refractivity contribution in [1.29, 1.82) is 0 Å². The summed E-state index contributed by atoms with van der Waals surface area (Å²) in [5.41, 5.74) is 2.48. The van der Waals surface area contributed by atoms with Gasteiger partial charge in [-0.05, 0) is 138 Å². The van der Waals surface area contributed by atoms with Gasteiger partial charge in [-0.3, -0.25) is 0 Å². The van der Waals surface area contributed by atoms with E-state index in [1.54, 1.807) is 12.1 Å². The van der Waals surface area contributed by atoms with Crippen LogP contribution in [-0.4, -0.2) is 71.2 Å². The molecule has 0 bridgehead atoms. The Morgan fingerprint density at radius 1 is 0.681 bits per heavy atom. The molecule has 1 heterocycles. The van der Waals surface area contributed by atoms with Gasteiger partial charge in [-0.1, -0.05) is 67.5 Å². The number of carboxylic acid groups (broad SMARTS) is 2. The smallest absolute Gasteiger partial charge is 0.337 e. The van der Waals surface area contributed by atoms with Crippen LogP contribution in [0.1, 0.15) is 126 Å². The van der Waals surface area contributed by atoms with E-state index in [2.05, 4.69) is 71.3 Å². The lowest BCUT2D eigenvalue weighted by Gasteiger charge is -2.25. The van der Waals surface area contributed by atoms with Crippen LogP contribution in [0.4, 0.5) is 0 Å². The van der Waals surface area contributed by atoms with Gasteiger partial charge < -0.3 is 20.0 Å². The summed E-state index contributed by atoms with van der Waals surface area (Å²) in [6.45, 7) is 24.3. The summed E-state index contributed by atoms with van der Waals surface area (Å²) in [7, 11) is 0. The summed E-state index contributed by atoms with van der Waals surface area (Å²) in [6.07, 6.45) is 7.73. The highest BCUT2D eigenvalue weighted by molar-refractivity contribution is 7.26. The van der Waals surface area contributed by atoms with Crippen LogP contribution in [0.25, 0.3) is 20.2 Å². The minimum atomic E-state index is -0.948. The molecule has 0 saturated heterocycles. The summed E-state index contributed by atoms with van der Waals surface area (Å²) in [4.78, 5) is 30.4. The number of aromatic carboxylic acids is 2. The molecule has 2 aromatic carbocycles. The quantitative estimate of drug-likeness (QED) is 0.111. The fourth-order valence-electron chi connectivity index (χ4n) is 6.39. The first kappa shape index (κ1) is 39.0. The molecule has 0 amide bonds. The van der Waals surface area contributed by atoms with E-state index in [4.69, 9.17) is 0 Å². The fourth-order valence-corrected chi connectivity index (χ4v) is 7.69. The molecule has 0 aliphatic rings. The van der Waals surface area contributed by atoms with Crippen molar-refractivity contribution in [3.05, 3.63) is 46.5 Å². The second kappa shape index (κ2) is 18.9. The molecule has 0 aliphatic carbocycles.